The van der Waals surface area contributed by atoms with Gasteiger partial charge in [-0.05, 0) is 18.2 Å². The molecule has 0 aliphatic carbocycles. The highest BCUT2D eigenvalue weighted by Crippen LogP contribution is 2.37. The lowest BCUT2D eigenvalue weighted by Crippen LogP contribution is -2.53. The van der Waals surface area contributed by atoms with Crippen molar-refractivity contribution < 1.29 is 18.3 Å². The Kier molecular flexibility index (Phi) is 3.66. The summed E-state index contributed by atoms with van der Waals surface area (Å²) in [6.45, 7) is 1.16. The Balaban J connectivity index is 3.31. The van der Waals surface area contributed by atoms with Crippen molar-refractivity contribution in [2.24, 2.45) is 5.73 Å². The number of halogens is 4. The molecule has 1 aromatic rings. The molecule has 0 fully saturated rings. The van der Waals surface area contributed by atoms with Crippen molar-refractivity contribution in [3.8, 4) is 0 Å². The van der Waals surface area contributed by atoms with Gasteiger partial charge in [0, 0.05) is 16.5 Å². The maximum atomic E-state index is 13.4. The summed E-state index contributed by atoms with van der Waals surface area (Å²) in [7, 11) is 0. The summed E-state index contributed by atoms with van der Waals surface area (Å²) in [5.41, 5.74) is 1.49. The van der Waals surface area contributed by atoms with Crippen LogP contribution in [0, 0.1) is 5.82 Å². The highest BCUT2D eigenvalue weighted by Gasteiger charge is 2.51. The Morgan fingerprint density at radius 1 is 1.44 bits per heavy atom. The van der Waals surface area contributed by atoms with E-state index < -0.39 is 29.4 Å². The van der Waals surface area contributed by atoms with Crippen molar-refractivity contribution in [1.29, 1.82) is 0 Å². The van der Waals surface area contributed by atoms with E-state index in [1.165, 1.54) is 6.07 Å². The van der Waals surface area contributed by atoms with Crippen LogP contribution in [-0.2, 0) is 5.72 Å². The molecule has 2 nitrogen and oxygen atoms in total. The Morgan fingerprint density at radius 2 is 2.00 bits per heavy atom. The van der Waals surface area contributed by atoms with Crippen molar-refractivity contribution in [3.63, 3.8) is 0 Å². The van der Waals surface area contributed by atoms with Crippen molar-refractivity contribution in [1.82, 2.24) is 0 Å². The Morgan fingerprint density at radius 3 is 2.50 bits per heavy atom. The highest BCUT2D eigenvalue weighted by atomic mass is 79.9. The monoisotopic (exact) mass is 297 g/mol. The fraction of sp³-hybridized carbons (Fsp3) is 0.400. The third kappa shape index (κ3) is 2.23. The first-order valence-electron chi connectivity index (χ1n) is 4.57. The highest BCUT2D eigenvalue weighted by molar-refractivity contribution is 9.10. The van der Waals surface area contributed by atoms with Crippen molar-refractivity contribution in [2.75, 3.05) is 0 Å². The summed E-state index contributed by atoms with van der Waals surface area (Å²) >= 11 is 3.00. The molecule has 90 valence electrons. The van der Waals surface area contributed by atoms with Crippen LogP contribution in [0.4, 0.5) is 13.2 Å². The average Bonchev–Trinajstić information content (AvgIpc) is 2.21. The lowest BCUT2D eigenvalue weighted by molar-refractivity contribution is -0.187. The van der Waals surface area contributed by atoms with E-state index in [0.717, 1.165) is 19.1 Å². The predicted molar refractivity (Wildman–Crippen MR) is 57.4 cm³/mol. The van der Waals surface area contributed by atoms with Gasteiger partial charge in [0.05, 0.1) is 0 Å². The maximum Gasteiger partial charge on any atom is 0.293 e. The number of aliphatic hydroxyl groups is 1. The van der Waals surface area contributed by atoms with Gasteiger partial charge in [0.25, 0.3) is 5.92 Å². The first kappa shape index (κ1) is 13.5. The van der Waals surface area contributed by atoms with Crippen molar-refractivity contribution in [3.05, 3.63) is 34.1 Å². The minimum Gasteiger partial charge on any atom is -0.367 e. The van der Waals surface area contributed by atoms with E-state index in [1.807, 2.05) is 0 Å². The lowest BCUT2D eigenvalue weighted by atomic mass is 9.95. The molecule has 0 bridgehead atoms. The quantitative estimate of drug-likeness (QED) is 0.843. The zero-order valence-corrected chi connectivity index (χ0v) is 10.1. The van der Waals surface area contributed by atoms with Crippen LogP contribution in [0.3, 0.4) is 0 Å². The molecule has 0 aromatic heterocycles. The second-order valence-corrected chi connectivity index (χ2v) is 4.36. The molecule has 0 aliphatic rings. The smallest absolute Gasteiger partial charge is 0.293 e. The molecule has 0 saturated carbocycles. The van der Waals surface area contributed by atoms with Crippen LogP contribution >= 0.6 is 15.9 Å². The molecule has 1 atom stereocenters. The van der Waals surface area contributed by atoms with Gasteiger partial charge in [-0.3, -0.25) is 5.73 Å². The molecule has 6 heteroatoms. The van der Waals surface area contributed by atoms with Gasteiger partial charge in [-0.1, -0.05) is 22.9 Å². The van der Waals surface area contributed by atoms with E-state index in [4.69, 9.17) is 5.73 Å². The van der Waals surface area contributed by atoms with Gasteiger partial charge in [-0.2, -0.15) is 0 Å². The number of alkyl halides is 2. The van der Waals surface area contributed by atoms with E-state index in [2.05, 4.69) is 15.9 Å². The third-order valence-corrected chi connectivity index (χ3v) is 2.83. The Hall–Kier alpha value is -0.590. The number of rotatable bonds is 3. The van der Waals surface area contributed by atoms with Crippen molar-refractivity contribution in [2.45, 2.75) is 25.0 Å². The molecule has 0 radical (unpaired) electrons. The zero-order valence-electron chi connectivity index (χ0n) is 8.48. The Labute approximate surface area is 99.4 Å². The molecular weight excluding hydrogens is 287 g/mol. The van der Waals surface area contributed by atoms with Gasteiger partial charge < -0.3 is 5.11 Å². The molecule has 0 saturated heterocycles. The summed E-state index contributed by atoms with van der Waals surface area (Å²) in [5, 5.41) is 9.59. The number of nitrogens with two attached hydrogens (primary N) is 1. The standard InChI is InChI=1S/C10H11BrF3NO/c1-2-9(13,14)10(15,16)7-5-6(11)3-4-8(7)12/h3-5,16H,2,15H2,1H3/t10-/m1/s1. The fourth-order valence-electron chi connectivity index (χ4n) is 1.26. The summed E-state index contributed by atoms with van der Waals surface area (Å²) in [5.74, 6) is -4.57. The largest absolute Gasteiger partial charge is 0.367 e. The number of hydrogen-bond donors (Lipinski definition) is 2. The topological polar surface area (TPSA) is 46.2 Å². The summed E-state index contributed by atoms with van der Waals surface area (Å²) in [6, 6.07) is 3.33. The first-order chi connectivity index (χ1) is 7.22. The van der Waals surface area contributed by atoms with Gasteiger partial charge in [0.1, 0.15) is 5.82 Å². The summed E-state index contributed by atoms with van der Waals surface area (Å²) in [6.07, 6.45) is -0.689. The first-order valence-corrected chi connectivity index (χ1v) is 5.36. The molecule has 0 heterocycles. The molecule has 0 spiro atoms. The van der Waals surface area contributed by atoms with Gasteiger partial charge >= 0.3 is 0 Å². The number of hydrogen-bond acceptors (Lipinski definition) is 2. The van der Waals surface area contributed by atoms with E-state index in [1.54, 1.807) is 0 Å². The van der Waals surface area contributed by atoms with E-state index in [9.17, 15) is 18.3 Å². The van der Waals surface area contributed by atoms with E-state index >= 15 is 0 Å². The fourth-order valence-corrected chi connectivity index (χ4v) is 1.62. The van der Waals surface area contributed by atoms with Crippen LogP contribution in [0.1, 0.15) is 18.9 Å². The zero-order chi connectivity index (χ0) is 12.6. The second-order valence-electron chi connectivity index (χ2n) is 3.45. The van der Waals surface area contributed by atoms with Crippen LogP contribution < -0.4 is 5.73 Å². The molecule has 0 amide bonds. The van der Waals surface area contributed by atoms with Gasteiger partial charge in [-0.15, -0.1) is 0 Å². The second kappa shape index (κ2) is 4.35. The van der Waals surface area contributed by atoms with Crippen LogP contribution in [0.2, 0.25) is 0 Å². The predicted octanol–water partition coefficient (Wildman–Crippen LogP) is 2.74. The van der Waals surface area contributed by atoms with Gasteiger partial charge in [0.2, 0.25) is 5.72 Å². The van der Waals surface area contributed by atoms with Crippen LogP contribution in [0.25, 0.3) is 0 Å². The minimum atomic E-state index is -3.60. The molecule has 1 rings (SSSR count). The molecule has 3 N–H and O–H groups in total. The van der Waals surface area contributed by atoms with E-state index in [-0.39, 0.29) is 0 Å². The maximum absolute atomic E-state index is 13.4. The molecular formula is C10H11BrF3NO. The molecule has 1 aromatic carbocycles. The van der Waals surface area contributed by atoms with Crippen LogP contribution in [0.5, 0.6) is 0 Å². The average molecular weight is 298 g/mol. The third-order valence-electron chi connectivity index (χ3n) is 2.34. The minimum absolute atomic E-state index is 0.361. The SMILES string of the molecule is CCC(F)(F)[C@](N)(O)c1cc(Br)ccc1F. The molecule has 0 aliphatic heterocycles. The van der Waals surface area contributed by atoms with E-state index in [0.29, 0.717) is 4.47 Å². The van der Waals surface area contributed by atoms with Crippen LogP contribution in [-0.4, -0.2) is 11.0 Å². The molecule has 16 heavy (non-hydrogen) atoms. The summed E-state index contributed by atoms with van der Waals surface area (Å²) in [4.78, 5) is 0. The van der Waals surface area contributed by atoms with Crippen LogP contribution in [0.15, 0.2) is 22.7 Å². The lowest BCUT2D eigenvalue weighted by Gasteiger charge is -2.32. The summed E-state index contributed by atoms with van der Waals surface area (Å²) < 4.78 is 40.4. The Bertz CT molecular complexity index is 396. The molecule has 0 unspecified atom stereocenters. The van der Waals surface area contributed by atoms with Gasteiger partial charge in [0.15, 0.2) is 0 Å². The normalized spacial score (nSPS) is 15.9. The van der Waals surface area contributed by atoms with Gasteiger partial charge in [-0.25, -0.2) is 13.2 Å². The van der Waals surface area contributed by atoms with Crippen molar-refractivity contribution >= 4 is 15.9 Å². The number of benzene rings is 1.